The number of aromatic nitrogens is 4. The first-order valence-corrected chi connectivity index (χ1v) is 10.2. The summed E-state index contributed by atoms with van der Waals surface area (Å²) in [6, 6.07) is 10.0. The maximum absolute atomic E-state index is 12.2. The molecule has 0 saturated heterocycles. The average Bonchev–Trinajstić information content (AvgIpc) is 3.35. The number of sulfonamides is 1. The van der Waals surface area contributed by atoms with Crippen molar-refractivity contribution in [3.63, 3.8) is 0 Å². The maximum Gasteiger partial charge on any atom is 0.215 e. The van der Waals surface area contributed by atoms with Crippen molar-refractivity contribution in [2.45, 2.75) is 44.0 Å². The molecular weight excluding hydrogens is 350 g/mol. The Labute approximate surface area is 152 Å². The van der Waals surface area contributed by atoms with Gasteiger partial charge in [0.05, 0.1) is 29.0 Å². The molecule has 0 spiro atoms. The van der Waals surface area contributed by atoms with Gasteiger partial charge in [-0.1, -0.05) is 17.3 Å². The second kappa shape index (κ2) is 6.14. The van der Waals surface area contributed by atoms with E-state index in [-0.39, 0.29) is 5.25 Å². The predicted octanol–water partition coefficient (Wildman–Crippen LogP) is 2.19. The van der Waals surface area contributed by atoms with Gasteiger partial charge < -0.3 is 0 Å². The van der Waals surface area contributed by atoms with E-state index in [4.69, 9.17) is 0 Å². The largest absolute Gasteiger partial charge is 0.256 e. The van der Waals surface area contributed by atoms with Crippen LogP contribution in [-0.2, 0) is 22.1 Å². The Hall–Kier alpha value is -2.32. The Kier molecular flexibility index (Phi) is 4.04. The molecule has 4 rings (SSSR count). The fourth-order valence-electron chi connectivity index (χ4n) is 2.94. The van der Waals surface area contributed by atoms with Crippen molar-refractivity contribution in [3.8, 4) is 0 Å². The number of fused-ring (bicyclic) bond motifs is 1. The number of nitrogens with zero attached hydrogens (tertiary/aromatic N) is 4. The smallest absolute Gasteiger partial charge is 0.215 e. The van der Waals surface area contributed by atoms with Crippen molar-refractivity contribution in [2.24, 2.45) is 0 Å². The molecule has 0 aliphatic heterocycles. The van der Waals surface area contributed by atoms with E-state index in [1.807, 2.05) is 38.1 Å². The van der Waals surface area contributed by atoms with Gasteiger partial charge >= 0.3 is 0 Å². The molecule has 26 heavy (non-hydrogen) atoms. The van der Waals surface area contributed by atoms with Crippen LogP contribution in [0, 0.1) is 0 Å². The molecule has 3 aromatic rings. The molecule has 0 unspecified atom stereocenters. The molecule has 1 aromatic carbocycles. The quantitative estimate of drug-likeness (QED) is 0.717. The summed E-state index contributed by atoms with van der Waals surface area (Å²) in [7, 11) is -3.30. The lowest BCUT2D eigenvalue weighted by Crippen LogP contribution is -2.42. The van der Waals surface area contributed by atoms with Crippen LogP contribution >= 0.6 is 0 Å². The van der Waals surface area contributed by atoms with Crippen LogP contribution in [0.5, 0.6) is 0 Å². The Morgan fingerprint density at radius 2 is 2.08 bits per heavy atom. The SMILES string of the molecule is CC(C)(NS(=O)(=O)C1CC1)c1cn(Cc2ccc3ncccc3c2)nn1. The van der Waals surface area contributed by atoms with Gasteiger partial charge in [-0.3, -0.25) is 4.98 Å². The van der Waals surface area contributed by atoms with E-state index in [9.17, 15) is 8.42 Å². The van der Waals surface area contributed by atoms with Crippen molar-refractivity contribution in [1.29, 1.82) is 0 Å². The highest BCUT2D eigenvalue weighted by atomic mass is 32.2. The van der Waals surface area contributed by atoms with Crippen molar-refractivity contribution in [1.82, 2.24) is 24.7 Å². The minimum absolute atomic E-state index is 0.261. The summed E-state index contributed by atoms with van der Waals surface area (Å²) in [5.41, 5.74) is 1.83. The number of nitrogens with one attached hydrogen (secondary N) is 1. The first kappa shape index (κ1) is 17.1. The van der Waals surface area contributed by atoms with Crippen molar-refractivity contribution in [3.05, 3.63) is 54.0 Å². The van der Waals surface area contributed by atoms with Crippen LogP contribution in [0.25, 0.3) is 10.9 Å². The van der Waals surface area contributed by atoms with Gasteiger partial charge in [0.1, 0.15) is 5.69 Å². The minimum atomic E-state index is -3.30. The summed E-state index contributed by atoms with van der Waals surface area (Å²) in [5.74, 6) is 0. The molecule has 0 bridgehead atoms. The van der Waals surface area contributed by atoms with E-state index in [0.29, 0.717) is 12.2 Å². The van der Waals surface area contributed by atoms with Crippen LogP contribution in [0.3, 0.4) is 0 Å². The van der Waals surface area contributed by atoms with Gasteiger partial charge in [-0.2, -0.15) is 0 Å². The summed E-state index contributed by atoms with van der Waals surface area (Å²) < 4.78 is 28.9. The average molecular weight is 371 g/mol. The molecule has 0 amide bonds. The lowest BCUT2D eigenvalue weighted by molar-refractivity contribution is 0.458. The Balaban J connectivity index is 1.53. The van der Waals surface area contributed by atoms with Gasteiger partial charge in [0.2, 0.25) is 10.0 Å². The standard InChI is InChI=1S/C18H21N5O2S/c1-18(2,21-26(24,25)15-6-7-15)17-12-23(22-20-17)11-13-5-8-16-14(10-13)4-3-9-19-16/h3-5,8-10,12,15,21H,6-7,11H2,1-2H3. The third kappa shape index (κ3) is 3.47. The van der Waals surface area contributed by atoms with Crippen LogP contribution in [0.4, 0.5) is 0 Å². The van der Waals surface area contributed by atoms with Crippen LogP contribution in [-0.4, -0.2) is 33.6 Å². The van der Waals surface area contributed by atoms with Crippen molar-refractivity contribution >= 4 is 20.9 Å². The number of pyridine rings is 1. The lowest BCUT2D eigenvalue weighted by Gasteiger charge is -2.23. The predicted molar refractivity (Wildman–Crippen MR) is 99.0 cm³/mol. The number of rotatable bonds is 6. The zero-order valence-electron chi connectivity index (χ0n) is 14.8. The van der Waals surface area contributed by atoms with Crippen molar-refractivity contribution in [2.75, 3.05) is 0 Å². The lowest BCUT2D eigenvalue weighted by atomic mass is 10.0. The van der Waals surface area contributed by atoms with Gasteiger partial charge in [0.25, 0.3) is 0 Å². The van der Waals surface area contributed by atoms with Gasteiger partial charge in [-0.15, -0.1) is 5.10 Å². The fraction of sp³-hybridized carbons (Fsp3) is 0.389. The monoisotopic (exact) mass is 371 g/mol. The Morgan fingerprint density at radius 3 is 2.85 bits per heavy atom. The number of hydrogen-bond donors (Lipinski definition) is 1. The van der Waals surface area contributed by atoms with Crippen LogP contribution in [0.2, 0.25) is 0 Å². The van der Waals surface area contributed by atoms with E-state index in [1.165, 1.54) is 0 Å². The summed E-state index contributed by atoms with van der Waals surface area (Å²) in [6.07, 6.45) is 5.03. The highest BCUT2D eigenvalue weighted by Crippen LogP contribution is 2.30. The second-order valence-electron chi connectivity index (χ2n) is 7.30. The molecule has 1 aliphatic rings. The van der Waals surface area contributed by atoms with E-state index in [0.717, 1.165) is 29.3 Å². The van der Waals surface area contributed by atoms with Gasteiger partial charge in [-0.05, 0) is 50.5 Å². The van der Waals surface area contributed by atoms with Gasteiger partial charge in [-0.25, -0.2) is 17.8 Å². The molecule has 2 aromatic heterocycles. The first-order valence-electron chi connectivity index (χ1n) is 8.61. The summed E-state index contributed by atoms with van der Waals surface area (Å²) in [6.45, 7) is 4.18. The molecule has 1 aliphatic carbocycles. The maximum atomic E-state index is 12.2. The molecular formula is C18H21N5O2S. The zero-order valence-corrected chi connectivity index (χ0v) is 15.6. The van der Waals surface area contributed by atoms with Crippen LogP contribution in [0.1, 0.15) is 37.9 Å². The van der Waals surface area contributed by atoms with E-state index in [2.05, 4.69) is 26.1 Å². The van der Waals surface area contributed by atoms with Crippen LogP contribution < -0.4 is 4.72 Å². The zero-order chi connectivity index (χ0) is 18.4. The molecule has 7 nitrogen and oxygen atoms in total. The third-order valence-corrected chi connectivity index (χ3v) is 6.70. The Bertz CT molecular complexity index is 1050. The summed E-state index contributed by atoms with van der Waals surface area (Å²) in [4.78, 5) is 4.32. The highest BCUT2D eigenvalue weighted by molar-refractivity contribution is 7.90. The van der Waals surface area contributed by atoms with E-state index in [1.54, 1.807) is 17.1 Å². The molecule has 136 valence electrons. The molecule has 2 heterocycles. The summed E-state index contributed by atoms with van der Waals surface area (Å²) >= 11 is 0. The minimum Gasteiger partial charge on any atom is -0.256 e. The van der Waals surface area contributed by atoms with Crippen molar-refractivity contribution < 1.29 is 8.42 Å². The highest BCUT2D eigenvalue weighted by Gasteiger charge is 2.40. The molecule has 0 radical (unpaired) electrons. The fourth-order valence-corrected chi connectivity index (χ4v) is 4.68. The van der Waals surface area contributed by atoms with E-state index < -0.39 is 15.6 Å². The summed E-state index contributed by atoms with van der Waals surface area (Å²) in [5, 5.41) is 9.16. The second-order valence-corrected chi connectivity index (χ2v) is 9.26. The topological polar surface area (TPSA) is 89.8 Å². The number of benzene rings is 1. The van der Waals surface area contributed by atoms with Crippen LogP contribution in [0.15, 0.2) is 42.7 Å². The Morgan fingerprint density at radius 1 is 1.27 bits per heavy atom. The molecule has 1 fully saturated rings. The molecule has 1 N–H and O–H groups in total. The normalized spacial score (nSPS) is 15.5. The third-order valence-electron chi connectivity index (χ3n) is 4.55. The molecule has 8 heteroatoms. The van der Waals surface area contributed by atoms with Gasteiger partial charge in [0.15, 0.2) is 0 Å². The van der Waals surface area contributed by atoms with E-state index >= 15 is 0 Å². The van der Waals surface area contributed by atoms with Gasteiger partial charge in [0, 0.05) is 11.6 Å². The molecule has 1 saturated carbocycles. The molecule has 0 atom stereocenters. The first-order chi connectivity index (χ1) is 12.3. The number of hydrogen-bond acceptors (Lipinski definition) is 5.